The lowest BCUT2D eigenvalue weighted by molar-refractivity contribution is 0.0505. The molecule has 0 fully saturated rings. The lowest BCUT2D eigenvalue weighted by atomic mass is 10.1. The van der Waals surface area contributed by atoms with Crippen molar-refractivity contribution >= 4 is 5.97 Å². The Labute approximate surface area is 129 Å². The molecule has 0 aliphatic carbocycles. The lowest BCUT2D eigenvalue weighted by Crippen LogP contribution is -2.08. The highest BCUT2D eigenvalue weighted by molar-refractivity contribution is 5.89. The van der Waals surface area contributed by atoms with E-state index in [9.17, 15) is 9.90 Å². The van der Waals surface area contributed by atoms with E-state index in [1.807, 2.05) is 20.8 Å². The van der Waals surface area contributed by atoms with Crippen LogP contribution < -0.4 is 0 Å². The lowest BCUT2D eigenvalue weighted by Gasteiger charge is -2.11. The summed E-state index contributed by atoms with van der Waals surface area (Å²) in [5, 5.41) is 17.4. The van der Waals surface area contributed by atoms with Crippen LogP contribution in [0.25, 0.3) is 5.69 Å². The molecule has 0 atom stereocenters. The van der Waals surface area contributed by atoms with Crippen LogP contribution in [-0.4, -0.2) is 32.7 Å². The second-order valence-electron chi connectivity index (χ2n) is 5.33. The summed E-state index contributed by atoms with van der Waals surface area (Å²) in [5.41, 5.74) is 2.74. The van der Waals surface area contributed by atoms with Gasteiger partial charge in [-0.2, -0.15) is 0 Å². The van der Waals surface area contributed by atoms with Crippen LogP contribution in [0.4, 0.5) is 0 Å². The first-order valence-electron chi connectivity index (χ1n) is 7.41. The van der Waals surface area contributed by atoms with Crippen molar-refractivity contribution in [2.75, 3.05) is 6.61 Å². The number of aliphatic hydroxyl groups is 1. The van der Waals surface area contributed by atoms with Crippen molar-refractivity contribution in [3.8, 4) is 5.69 Å². The Balaban J connectivity index is 2.28. The third-order valence-corrected chi connectivity index (χ3v) is 3.26. The van der Waals surface area contributed by atoms with E-state index in [1.165, 1.54) is 0 Å². The van der Waals surface area contributed by atoms with Crippen LogP contribution in [0.15, 0.2) is 24.3 Å². The molecule has 0 bridgehead atoms. The molecule has 1 aromatic carbocycles. The predicted octanol–water partition coefficient (Wildman–Crippen LogP) is 2.45. The summed E-state index contributed by atoms with van der Waals surface area (Å²) >= 11 is 0. The monoisotopic (exact) mass is 303 g/mol. The first-order chi connectivity index (χ1) is 10.6. The largest absolute Gasteiger partial charge is 0.462 e. The summed E-state index contributed by atoms with van der Waals surface area (Å²) in [6.45, 7) is 6.26. The van der Waals surface area contributed by atoms with Gasteiger partial charge >= 0.3 is 5.97 Å². The van der Waals surface area contributed by atoms with Gasteiger partial charge in [-0.25, -0.2) is 9.48 Å². The number of carbonyl (C=O) groups is 1. The number of benzene rings is 1. The number of nitrogens with zero attached hydrogens (tertiary/aromatic N) is 3. The standard InChI is InChI=1S/C16H21N3O3/c1-4-9-22-16(21)12-5-7-13(8-6-12)19-15(11(2)3)14(10-20)17-18-19/h5-8,11,20H,4,9-10H2,1-3H3. The van der Waals surface area contributed by atoms with E-state index in [0.29, 0.717) is 17.9 Å². The molecular weight excluding hydrogens is 282 g/mol. The summed E-state index contributed by atoms with van der Waals surface area (Å²) in [4.78, 5) is 11.8. The zero-order valence-corrected chi connectivity index (χ0v) is 13.1. The van der Waals surface area contributed by atoms with Gasteiger partial charge in [0.25, 0.3) is 0 Å². The molecule has 0 saturated heterocycles. The fourth-order valence-electron chi connectivity index (χ4n) is 2.22. The molecule has 118 valence electrons. The van der Waals surface area contributed by atoms with Gasteiger partial charge in [0.05, 0.1) is 30.2 Å². The highest BCUT2D eigenvalue weighted by Gasteiger charge is 2.17. The highest BCUT2D eigenvalue weighted by atomic mass is 16.5. The van der Waals surface area contributed by atoms with Gasteiger partial charge in [0, 0.05) is 0 Å². The molecule has 6 heteroatoms. The van der Waals surface area contributed by atoms with E-state index < -0.39 is 0 Å². The maximum absolute atomic E-state index is 11.8. The molecule has 0 aliphatic rings. The van der Waals surface area contributed by atoms with E-state index in [1.54, 1.807) is 28.9 Å². The van der Waals surface area contributed by atoms with Crippen molar-refractivity contribution in [2.45, 2.75) is 39.7 Å². The maximum atomic E-state index is 11.8. The normalized spacial score (nSPS) is 11.0. The van der Waals surface area contributed by atoms with Crippen molar-refractivity contribution in [1.29, 1.82) is 0 Å². The molecule has 1 heterocycles. The minimum Gasteiger partial charge on any atom is -0.462 e. The zero-order chi connectivity index (χ0) is 16.1. The molecule has 6 nitrogen and oxygen atoms in total. The molecular formula is C16H21N3O3. The second-order valence-corrected chi connectivity index (χ2v) is 5.33. The van der Waals surface area contributed by atoms with Gasteiger partial charge in [0.2, 0.25) is 0 Å². The molecule has 0 spiro atoms. The Morgan fingerprint density at radius 3 is 2.55 bits per heavy atom. The number of aromatic nitrogens is 3. The summed E-state index contributed by atoms with van der Waals surface area (Å²) < 4.78 is 6.79. The van der Waals surface area contributed by atoms with Gasteiger partial charge in [-0.1, -0.05) is 26.0 Å². The van der Waals surface area contributed by atoms with Crippen molar-refractivity contribution in [3.63, 3.8) is 0 Å². The maximum Gasteiger partial charge on any atom is 0.338 e. The molecule has 0 saturated carbocycles. The SMILES string of the molecule is CCCOC(=O)c1ccc(-n2nnc(CO)c2C(C)C)cc1. The fourth-order valence-corrected chi connectivity index (χ4v) is 2.22. The molecule has 1 N–H and O–H groups in total. The number of hydrogen-bond donors (Lipinski definition) is 1. The number of ether oxygens (including phenoxy) is 1. The van der Waals surface area contributed by atoms with Crippen LogP contribution in [0, 0.1) is 0 Å². The van der Waals surface area contributed by atoms with E-state index in [2.05, 4.69) is 10.3 Å². The van der Waals surface area contributed by atoms with Crippen molar-refractivity contribution in [2.24, 2.45) is 0 Å². The number of esters is 1. The number of aliphatic hydroxyl groups excluding tert-OH is 1. The molecule has 0 amide bonds. The van der Waals surface area contributed by atoms with Crippen molar-refractivity contribution < 1.29 is 14.6 Å². The van der Waals surface area contributed by atoms with Gasteiger partial charge in [0.15, 0.2) is 0 Å². The molecule has 0 radical (unpaired) electrons. The van der Waals surface area contributed by atoms with E-state index in [4.69, 9.17) is 4.74 Å². The van der Waals surface area contributed by atoms with Gasteiger partial charge in [-0.3, -0.25) is 0 Å². The van der Waals surface area contributed by atoms with E-state index in [-0.39, 0.29) is 18.5 Å². The number of hydrogen-bond acceptors (Lipinski definition) is 5. The summed E-state index contributed by atoms with van der Waals surface area (Å²) in [6.07, 6.45) is 0.796. The highest BCUT2D eigenvalue weighted by Crippen LogP contribution is 2.21. The van der Waals surface area contributed by atoms with Crippen LogP contribution in [0.3, 0.4) is 0 Å². The van der Waals surface area contributed by atoms with Crippen molar-refractivity contribution in [3.05, 3.63) is 41.2 Å². The average molecular weight is 303 g/mol. The van der Waals surface area contributed by atoms with E-state index in [0.717, 1.165) is 17.8 Å². The first-order valence-corrected chi connectivity index (χ1v) is 7.41. The van der Waals surface area contributed by atoms with Crippen LogP contribution in [0.2, 0.25) is 0 Å². The van der Waals surface area contributed by atoms with Gasteiger partial charge in [-0.15, -0.1) is 5.10 Å². The molecule has 0 unspecified atom stereocenters. The summed E-state index contributed by atoms with van der Waals surface area (Å²) in [5.74, 6) is -0.154. The first kappa shape index (κ1) is 16.2. The van der Waals surface area contributed by atoms with Gasteiger partial charge in [0.1, 0.15) is 5.69 Å². The smallest absolute Gasteiger partial charge is 0.338 e. The fraction of sp³-hybridized carbons (Fsp3) is 0.438. The number of carbonyl (C=O) groups excluding carboxylic acids is 1. The Bertz CT molecular complexity index is 633. The zero-order valence-electron chi connectivity index (χ0n) is 13.1. The Morgan fingerprint density at radius 2 is 2.00 bits per heavy atom. The van der Waals surface area contributed by atoms with Crippen LogP contribution in [-0.2, 0) is 11.3 Å². The third kappa shape index (κ3) is 3.33. The molecule has 2 rings (SSSR count). The molecule has 0 aliphatic heterocycles. The second kappa shape index (κ2) is 7.17. The Kier molecular flexibility index (Phi) is 5.27. The van der Waals surface area contributed by atoms with E-state index >= 15 is 0 Å². The summed E-state index contributed by atoms with van der Waals surface area (Å²) in [6, 6.07) is 7.00. The number of rotatable bonds is 6. The molecule has 1 aromatic heterocycles. The Morgan fingerprint density at radius 1 is 1.32 bits per heavy atom. The van der Waals surface area contributed by atoms with Crippen LogP contribution in [0.1, 0.15) is 54.9 Å². The van der Waals surface area contributed by atoms with Gasteiger partial charge < -0.3 is 9.84 Å². The topological polar surface area (TPSA) is 77.2 Å². The third-order valence-electron chi connectivity index (χ3n) is 3.26. The molecule has 22 heavy (non-hydrogen) atoms. The predicted molar refractivity (Wildman–Crippen MR) is 81.9 cm³/mol. The molecule has 2 aromatic rings. The minimum absolute atomic E-state index is 0.144. The summed E-state index contributed by atoms with van der Waals surface area (Å²) in [7, 11) is 0. The van der Waals surface area contributed by atoms with Crippen LogP contribution >= 0.6 is 0 Å². The average Bonchev–Trinajstić information content (AvgIpc) is 2.97. The van der Waals surface area contributed by atoms with Crippen LogP contribution in [0.5, 0.6) is 0 Å². The Hall–Kier alpha value is -2.21. The van der Waals surface area contributed by atoms with Gasteiger partial charge in [-0.05, 0) is 36.6 Å². The van der Waals surface area contributed by atoms with Crippen molar-refractivity contribution in [1.82, 2.24) is 15.0 Å². The minimum atomic E-state index is -0.327. The quantitative estimate of drug-likeness (QED) is 0.829.